The Morgan fingerprint density at radius 1 is 1.39 bits per heavy atom. The summed E-state index contributed by atoms with van der Waals surface area (Å²) in [5.41, 5.74) is 0.523. The van der Waals surface area contributed by atoms with Crippen molar-refractivity contribution >= 4 is 28.0 Å². The van der Waals surface area contributed by atoms with Gasteiger partial charge in [-0.3, -0.25) is 4.79 Å². The number of amides is 1. The molecular formula is C11H14N2O4S. The molecule has 0 heterocycles. The average Bonchev–Trinajstić information content (AvgIpc) is 2.29. The summed E-state index contributed by atoms with van der Waals surface area (Å²) in [6.45, 7) is 3.44. The number of nitrogens with zero attached hydrogens (tertiary/aromatic N) is 1. The Morgan fingerprint density at radius 2 is 2.00 bits per heavy atom. The van der Waals surface area contributed by atoms with E-state index in [4.69, 9.17) is 4.74 Å². The topological polar surface area (TPSA) is 84.8 Å². The fourth-order valence-corrected chi connectivity index (χ4v) is 1.91. The highest BCUT2D eigenvalue weighted by Gasteiger charge is 2.11. The summed E-state index contributed by atoms with van der Waals surface area (Å²) in [6, 6.07) is 5.71. The van der Waals surface area contributed by atoms with Crippen LogP contribution in [0, 0.1) is 0 Å². The Hall–Kier alpha value is -1.89. The van der Waals surface area contributed by atoms with E-state index >= 15 is 0 Å². The van der Waals surface area contributed by atoms with Crippen LogP contribution < -0.4 is 5.32 Å². The second-order valence-corrected chi connectivity index (χ2v) is 4.98. The molecular weight excluding hydrogens is 256 g/mol. The zero-order chi connectivity index (χ0) is 13.6. The maximum Gasteiger partial charge on any atom is 0.285 e. The molecule has 1 N–H and O–H groups in total. The number of benzene rings is 1. The van der Waals surface area contributed by atoms with Gasteiger partial charge >= 0.3 is 0 Å². The molecule has 18 heavy (non-hydrogen) atoms. The molecule has 1 aromatic rings. The number of sulfonamides is 1. The number of anilines is 1. The summed E-state index contributed by atoms with van der Waals surface area (Å²) in [6.07, 6.45) is 0.900. The molecule has 1 rings (SSSR count). The Labute approximate surface area is 106 Å². The van der Waals surface area contributed by atoms with Gasteiger partial charge in [0.2, 0.25) is 5.91 Å². The van der Waals surface area contributed by atoms with Crippen molar-refractivity contribution < 1.29 is 17.9 Å². The van der Waals surface area contributed by atoms with Gasteiger partial charge in [-0.25, -0.2) is 0 Å². The molecule has 0 fully saturated rings. The van der Waals surface area contributed by atoms with Crippen molar-refractivity contribution in [2.75, 3.05) is 11.9 Å². The van der Waals surface area contributed by atoms with Crippen LogP contribution in [0.25, 0.3) is 0 Å². The average molecular weight is 270 g/mol. The van der Waals surface area contributed by atoms with Crippen molar-refractivity contribution in [2.24, 2.45) is 4.40 Å². The van der Waals surface area contributed by atoms with Crippen molar-refractivity contribution in [1.29, 1.82) is 0 Å². The minimum Gasteiger partial charge on any atom is -0.483 e. The molecule has 0 aliphatic carbocycles. The first-order chi connectivity index (χ1) is 8.45. The van der Waals surface area contributed by atoms with E-state index in [2.05, 4.69) is 9.71 Å². The third-order valence-corrected chi connectivity index (χ3v) is 3.13. The number of carbonyl (C=O) groups excluding carboxylic acids is 1. The van der Waals surface area contributed by atoms with Crippen molar-refractivity contribution in [3.05, 3.63) is 24.3 Å². The predicted octanol–water partition coefficient (Wildman–Crippen LogP) is 1.40. The molecule has 0 bridgehead atoms. The number of nitrogens with one attached hydrogen (secondary N) is 1. The van der Waals surface area contributed by atoms with Gasteiger partial charge in [0.1, 0.15) is 0 Å². The van der Waals surface area contributed by atoms with Crippen molar-refractivity contribution in [3.63, 3.8) is 0 Å². The molecule has 0 aliphatic rings. The number of hydrogen-bond donors (Lipinski definition) is 1. The minimum atomic E-state index is -3.75. The molecule has 1 aromatic carbocycles. The molecule has 0 spiro atoms. The molecule has 0 aliphatic heterocycles. The Morgan fingerprint density at radius 3 is 2.50 bits per heavy atom. The molecule has 7 heteroatoms. The third kappa shape index (κ3) is 4.17. The zero-order valence-electron chi connectivity index (χ0n) is 10.1. The van der Waals surface area contributed by atoms with E-state index in [1.54, 1.807) is 6.92 Å². The van der Waals surface area contributed by atoms with E-state index < -0.39 is 10.0 Å². The van der Waals surface area contributed by atoms with Gasteiger partial charge in [0.05, 0.1) is 11.5 Å². The van der Waals surface area contributed by atoms with E-state index in [-0.39, 0.29) is 10.8 Å². The van der Waals surface area contributed by atoms with E-state index in [0.29, 0.717) is 12.3 Å². The number of rotatable bonds is 5. The highest BCUT2D eigenvalue weighted by atomic mass is 32.2. The molecule has 98 valence electrons. The third-order valence-electron chi connectivity index (χ3n) is 1.90. The van der Waals surface area contributed by atoms with Crippen LogP contribution in [0.5, 0.6) is 0 Å². The van der Waals surface area contributed by atoms with Gasteiger partial charge in [-0.1, -0.05) is 0 Å². The lowest BCUT2D eigenvalue weighted by Gasteiger charge is -2.03. The van der Waals surface area contributed by atoms with Crippen LogP contribution >= 0.6 is 0 Å². The van der Waals surface area contributed by atoms with Crippen molar-refractivity contribution in [3.8, 4) is 0 Å². The van der Waals surface area contributed by atoms with E-state index in [1.165, 1.54) is 31.2 Å². The molecule has 0 saturated carbocycles. The normalized spacial score (nSPS) is 11.4. The van der Waals surface area contributed by atoms with E-state index in [1.807, 2.05) is 0 Å². The first-order valence-electron chi connectivity index (χ1n) is 5.24. The van der Waals surface area contributed by atoms with Gasteiger partial charge in [0.25, 0.3) is 10.0 Å². The molecule has 6 nitrogen and oxygen atoms in total. The van der Waals surface area contributed by atoms with Gasteiger partial charge < -0.3 is 10.1 Å². The van der Waals surface area contributed by atoms with Crippen molar-refractivity contribution in [2.45, 2.75) is 18.7 Å². The van der Waals surface area contributed by atoms with Crippen LogP contribution in [-0.2, 0) is 19.6 Å². The first-order valence-corrected chi connectivity index (χ1v) is 6.68. The Bertz CT molecular complexity index is 535. The lowest BCUT2D eigenvalue weighted by molar-refractivity contribution is -0.114. The number of ether oxygens (including phenoxy) is 1. The second-order valence-electron chi connectivity index (χ2n) is 3.35. The smallest absolute Gasteiger partial charge is 0.285 e. The Kier molecular flexibility index (Phi) is 4.85. The van der Waals surface area contributed by atoms with Crippen LogP contribution in [-0.4, -0.2) is 27.3 Å². The summed E-state index contributed by atoms with van der Waals surface area (Å²) in [5.74, 6) is -0.222. The second kappa shape index (κ2) is 6.15. The van der Waals surface area contributed by atoms with Gasteiger partial charge in [-0.15, -0.1) is 4.40 Å². The van der Waals surface area contributed by atoms with Gasteiger partial charge in [0, 0.05) is 12.6 Å². The lowest BCUT2D eigenvalue weighted by atomic mass is 10.3. The fourth-order valence-electron chi connectivity index (χ4n) is 1.14. The monoisotopic (exact) mass is 270 g/mol. The van der Waals surface area contributed by atoms with Crippen LogP contribution in [0.2, 0.25) is 0 Å². The van der Waals surface area contributed by atoms with Gasteiger partial charge in [-0.2, -0.15) is 8.42 Å². The largest absolute Gasteiger partial charge is 0.483 e. The van der Waals surface area contributed by atoms with Crippen LogP contribution in [0.4, 0.5) is 5.69 Å². The predicted molar refractivity (Wildman–Crippen MR) is 68.0 cm³/mol. The SMILES string of the molecule is CCO/C=N/S(=O)(=O)c1ccc(NC(C)=O)cc1. The van der Waals surface area contributed by atoms with Gasteiger partial charge in [-0.05, 0) is 31.2 Å². The highest BCUT2D eigenvalue weighted by Crippen LogP contribution is 2.15. The molecule has 0 saturated heterocycles. The van der Waals surface area contributed by atoms with E-state index in [0.717, 1.165) is 6.40 Å². The number of hydrogen-bond acceptors (Lipinski definition) is 4. The highest BCUT2D eigenvalue weighted by molar-refractivity contribution is 7.90. The van der Waals surface area contributed by atoms with Crippen molar-refractivity contribution in [1.82, 2.24) is 0 Å². The fraction of sp³-hybridized carbons (Fsp3) is 0.273. The zero-order valence-corrected chi connectivity index (χ0v) is 10.9. The number of carbonyl (C=O) groups is 1. The summed E-state index contributed by atoms with van der Waals surface area (Å²) in [5, 5.41) is 2.54. The molecule has 0 atom stereocenters. The first kappa shape index (κ1) is 14.2. The van der Waals surface area contributed by atoms with Crippen LogP contribution in [0.15, 0.2) is 33.6 Å². The molecule has 0 aromatic heterocycles. The maximum atomic E-state index is 11.7. The van der Waals surface area contributed by atoms with E-state index in [9.17, 15) is 13.2 Å². The maximum absolute atomic E-state index is 11.7. The standard InChI is InChI=1S/C11H14N2O4S/c1-3-17-8-12-18(15,16)11-6-4-10(5-7-11)13-9(2)14/h4-8H,3H2,1-2H3,(H,13,14)/b12-8+. The molecule has 1 amide bonds. The minimum absolute atomic E-state index is 0.0348. The summed E-state index contributed by atoms with van der Waals surface area (Å²) < 4.78 is 31.4. The lowest BCUT2D eigenvalue weighted by Crippen LogP contribution is -2.06. The Balaban J connectivity index is 2.87. The van der Waals surface area contributed by atoms with Gasteiger partial charge in [0.15, 0.2) is 6.40 Å². The van der Waals surface area contributed by atoms with Crippen LogP contribution in [0.3, 0.4) is 0 Å². The summed E-state index contributed by atoms with van der Waals surface area (Å²) in [7, 11) is -3.75. The molecule has 0 radical (unpaired) electrons. The quantitative estimate of drug-likeness (QED) is 0.647. The van der Waals surface area contributed by atoms with Crippen LogP contribution in [0.1, 0.15) is 13.8 Å². The summed E-state index contributed by atoms with van der Waals surface area (Å²) >= 11 is 0. The summed E-state index contributed by atoms with van der Waals surface area (Å²) in [4.78, 5) is 10.8. The molecule has 0 unspecified atom stereocenters.